The number of nitrogens with zero attached hydrogens (tertiary/aromatic N) is 2. The lowest BCUT2D eigenvalue weighted by atomic mass is 10.1. The minimum absolute atomic E-state index is 0.194. The fourth-order valence-corrected chi connectivity index (χ4v) is 1.99. The van der Waals surface area contributed by atoms with Crippen molar-refractivity contribution in [1.29, 1.82) is 10.5 Å². The van der Waals surface area contributed by atoms with E-state index in [2.05, 4.69) is 0 Å². The molecular weight excluding hydrogens is 295 g/mol. The molecule has 2 aromatic rings. The summed E-state index contributed by atoms with van der Waals surface area (Å²) in [5.74, 6) is 0.403. The molecule has 5 heteroatoms. The molecule has 20 heavy (non-hydrogen) atoms. The molecule has 0 atom stereocenters. The van der Waals surface area contributed by atoms with Crippen molar-refractivity contribution >= 4 is 23.2 Å². The second kappa shape index (κ2) is 6.30. The molecule has 0 saturated carbocycles. The van der Waals surface area contributed by atoms with Crippen molar-refractivity contribution in [3.8, 4) is 17.9 Å². The van der Waals surface area contributed by atoms with E-state index in [1.54, 1.807) is 36.4 Å². The van der Waals surface area contributed by atoms with Crippen molar-refractivity contribution in [2.75, 3.05) is 0 Å². The van der Waals surface area contributed by atoms with Crippen LogP contribution < -0.4 is 4.74 Å². The van der Waals surface area contributed by atoms with Crippen LogP contribution in [0.25, 0.3) is 0 Å². The quantitative estimate of drug-likeness (QED) is 0.848. The molecule has 0 spiro atoms. The van der Waals surface area contributed by atoms with Crippen LogP contribution in [0.3, 0.4) is 0 Å². The zero-order chi connectivity index (χ0) is 14.5. The van der Waals surface area contributed by atoms with E-state index in [9.17, 15) is 0 Å². The van der Waals surface area contributed by atoms with Gasteiger partial charge in [-0.3, -0.25) is 0 Å². The maximum atomic E-state index is 8.99. The zero-order valence-corrected chi connectivity index (χ0v) is 11.7. The monoisotopic (exact) mass is 302 g/mol. The highest BCUT2D eigenvalue weighted by molar-refractivity contribution is 6.31. The molecule has 0 amide bonds. The van der Waals surface area contributed by atoms with E-state index in [0.717, 1.165) is 5.56 Å². The smallest absolute Gasteiger partial charge is 0.139 e. The third-order valence-corrected chi connectivity index (χ3v) is 3.22. The van der Waals surface area contributed by atoms with Crippen LogP contribution in [0.15, 0.2) is 36.4 Å². The Morgan fingerprint density at radius 1 is 1.00 bits per heavy atom. The van der Waals surface area contributed by atoms with Gasteiger partial charge in [0, 0.05) is 21.7 Å². The van der Waals surface area contributed by atoms with Gasteiger partial charge in [0.05, 0.1) is 17.2 Å². The first-order valence-electron chi connectivity index (χ1n) is 5.65. The average Bonchev–Trinajstić information content (AvgIpc) is 2.46. The van der Waals surface area contributed by atoms with Gasteiger partial charge in [-0.2, -0.15) is 10.5 Å². The minimum atomic E-state index is 0.194. The molecule has 0 heterocycles. The summed E-state index contributed by atoms with van der Waals surface area (Å²) < 4.78 is 5.57. The Hall–Kier alpha value is -2.20. The fourth-order valence-electron chi connectivity index (χ4n) is 1.60. The molecule has 0 aromatic heterocycles. The molecule has 0 aliphatic heterocycles. The Bertz CT molecular complexity index is 730. The maximum Gasteiger partial charge on any atom is 0.139 e. The van der Waals surface area contributed by atoms with Crippen LogP contribution in [0.5, 0.6) is 5.75 Å². The molecule has 0 N–H and O–H groups in total. The summed E-state index contributed by atoms with van der Waals surface area (Å²) in [5.41, 5.74) is 1.62. The van der Waals surface area contributed by atoms with E-state index in [-0.39, 0.29) is 6.61 Å². The van der Waals surface area contributed by atoms with Gasteiger partial charge >= 0.3 is 0 Å². The lowest BCUT2D eigenvalue weighted by molar-refractivity contribution is 0.305. The van der Waals surface area contributed by atoms with Gasteiger partial charge in [0.2, 0.25) is 0 Å². The van der Waals surface area contributed by atoms with E-state index in [0.29, 0.717) is 26.9 Å². The lowest BCUT2D eigenvalue weighted by Gasteiger charge is -2.09. The van der Waals surface area contributed by atoms with E-state index < -0.39 is 0 Å². The Balaban J connectivity index is 2.19. The second-order valence-corrected chi connectivity index (χ2v) is 4.80. The van der Waals surface area contributed by atoms with E-state index in [1.165, 1.54) is 0 Å². The first kappa shape index (κ1) is 14.2. The highest BCUT2D eigenvalue weighted by Crippen LogP contribution is 2.25. The topological polar surface area (TPSA) is 56.8 Å². The van der Waals surface area contributed by atoms with Crippen molar-refractivity contribution in [2.45, 2.75) is 6.61 Å². The molecule has 2 aromatic carbocycles. The number of nitriles is 2. The van der Waals surface area contributed by atoms with E-state index in [1.807, 2.05) is 12.1 Å². The SMILES string of the molecule is N#Cc1ccc(COc2cc(Cl)ccc2C#N)c(Cl)c1. The summed E-state index contributed by atoms with van der Waals surface area (Å²) in [5, 5.41) is 18.7. The van der Waals surface area contributed by atoms with Crippen LogP contribution in [0.2, 0.25) is 10.0 Å². The largest absolute Gasteiger partial charge is 0.487 e. The zero-order valence-electron chi connectivity index (χ0n) is 10.2. The van der Waals surface area contributed by atoms with Gasteiger partial charge < -0.3 is 4.74 Å². The number of halogens is 2. The van der Waals surface area contributed by atoms with Gasteiger partial charge in [-0.15, -0.1) is 0 Å². The fraction of sp³-hybridized carbons (Fsp3) is 0.0667. The second-order valence-electron chi connectivity index (χ2n) is 3.96. The Labute approximate surface area is 126 Å². The number of hydrogen-bond donors (Lipinski definition) is 0. The number of rotatable bonds is 3. The van der Waals surface area contributed by atoms with Gasteiger partial charge in [0.1, 0.15) is 18.4 Å². The summed E-state index contributed by atoms with van der Waals surface area (Å²) in [6, 6.07) is 13.8. The van der Waals surface area contributed by atoms with Crippen LogP contribution in [-0.4, -0.2) is 0 Å². The summed E-state index contributed by atoms with van der Waals surface area (Å²) in [6.07, 6.45) is 0. The molecule has 0 bridgehead atoms. The molecule has 98 valence electrons. The van der Waals surface area contributed by atoms with E-state index in [4.69, 9.17) is 38.5 Å². The van der Waals surface area contributed by atoms with Crippen molar-refractivity contribution in [2.24, 2.45) is 0 Å². The van der Waals surface area contributed by atoms with Crippen LogP contribution in [0, 0.1) is 22.7 Å². The summed E-state index contributed by atoms with van der Waals surface area (Å²) in [4.78, 5) is 0. The van der Waals surface area contributed by atoms with Gasteiger partial charge in [-0.05, 0) is 24.3 Å². The van der Waals surface area contributed by atoms with Gasteiger partial charge in [-0.25, -0.2) is 0 Å². The number of ether oxygens (including phenoxy) is 1. The van der Waals surface area contributed by atoms with Crippen molar-refractivity contribution < 1.29 is 4.74 Å². The third kappa shape index (κ3) is 3.22. The molecular formula is C15H8Cl2N2O. The lowest BCUT2D eigenvalue weighted by Crippen LogP contribution is -1.98. The molecule has 0 radical (unpaired) electrons. The van der Waals surface area contributed by atoms with Crippen LogP contribution in [-0.2, 0) is 6.61 Å². The Kier molecular flexibility index (Phi) is 4.48. The number of hydrogen-bond acceptors (Lipinski definition) is 3. The average molecular weight is 303 g/mol. The molecule has 2 rings (SSSR count). The standard InChI is InChI=1S/C15H8Cl2N2O/c16-13-4-3-11(8-19)15(6-13)20-9-12-2-1-10(7-18)5-14(12)17/h1-6H,9H2. The first-order valence-corrected chi connectivity index (χ1v) is 6.40. The summed E-state index contributed by atoms with van der Waals surface area (Å²) >= 11 is 11.9. The van der Waals surface area contributed by atoms with Crippen LogP contribution in [0.1, 0.15) is 16.7 Å². The highest BCUT2D eigenvalue weighted by Gasteiger charge is 2.07. The molecule has 0 fully saturated rings. The molecule has 0 aliphatic carbocycles. The van der Waals surface area contributed by atoms with Crippen molar-refractivity contribution in [3.63, 3.8) is 0 Å². The van der Waals surface area contributed by atoms with Crippen LogP contribution >= 0.6 is 23.2 Å². The van der Waals surface area contributed by atoms with Crippen molar-refractivity contribution in [1.82, 2.24) is 0 Å². The predicted molar refractivity (Wildman–Crippen MR) is 76.7 cm³/mol. The Morgan fingerprint density at radius 3 is 2.45 bits per heavy atom. The van der Waals surface area contributed by atoms with Gasteiger partial charge in [0.15, 0.2) is 0 Å². The molecule has 3 nitrogen and oxygen atoms in total. The minimum Gasteiger partial charge on any atom is -0.487 e. The van der Waals surface area contributed by atoms with Crippen molar-refractivity contribution in [3.05, 3.63) is 63.1 Å². The third-order valence-electron chi connectivity index (χ3n) is 2.63. The normalized spacial score (nSPS) is 9.60. The Morgan fingerprint density at radius 2 is 1.80 bits per heavy atom. The highest BCUT2D eigenvalue weighted by atomic mass is 35.5. The predicted octanol–water partition coefficient (Wildman–Crippen LogP) is 4.32. The summed E-state index contributed by atoms with van der Waals surface area (Å²) in [7, 11) is 0. The van der Waals surface area contributed by atoms with E-state index >= 15 is 0 Å². The van der Waals surface area contributed by atoms with Crippen LogP contribution in [0.4, 0.5) is 0 Å². The number of benzene rings is 2. The first-order chi connectivity index (χ1) is 9.63. The summed E-state index contributed by atoms with van der Waals surface area (Å²) in [6.45, 7) is 0.194. The maximum absolute atomic E-state index is 8.99. The van der Waals surface area contributed by atoms with Gasteiger partial charge in [-0.1, -0.05) is 29.3 Å². The van der Waals surface area contributed by atoms with Gasteiger partial charge in [0.25, 0.3) is 0 Å². The molecule has 0 unspecified atom stereocenters. The molecule has 0 aliphatic rings. The molecule has 0 saturated heterocycles.